The van der Waals surface area contributed by atoms with Crippen LogP contribution < -0.4 is 5.32 Å². The number of alkyl carbamates (subject to hydrolysis) is 1. The molecule has 86 valence electrons. The van der Waals surface area contributed by atoms with Crippen molar-refractivity contribution in [1.82, 2.24) is 5.32 Å². The number of rotatable bonds is 1. The fourth-order valence-electron chi connectivity index (χ4n) is 1.49. The van der Waals surface area contributed by atoms with Crippen molar-refractivity contribution in [2.24, 2.45) is 0 Å². The minimum absolute atomic E-state index is 0.297. The van der Waals surface area contributed by atoms with Gasteiger partial charge in [-0.05, 0) is 17.7 Å². The summed E-state index contributed by atoms with van der Waals surface area (Å²) in [4.78, 5) is 10.9. The molecule has 1 atom stereocenters. The lowest BCUT2D eigenvalue weighted by Crippen LogP contribution is -2.49. The molecule has 1 aromatic rings. The van der Waals surface area contributed by atoms with E-state index >= 15 is 0 Å². The van der Waals surface area contributed by atoms with Crippen molar-refractivity contribution in [2.75, 3.05) is 6.61 Å². The van der Waals surface area contributed by atoms with Gasteiger partial charge < -0.3 is 10.1 Å². The monoisotopic (exact) mass is 247 g/mol. The summed E-state index contributed by atoms with van der Waals surface area (Å²) in [6.45, 7) is -0.911. The molecule has 2 rings (SSSR count). The normalized spacial score (nSPS) is 23.4. The number of nitrogens with one attached hydrogen (secondary N) is 1. The molecule has 0 aromatic heterocycles. The maximum Gasteiger partial charge on any atom is 0.408 e. The summed E-state index contributed by atoms with van der Waals surface area (Å²) in [5.41, 5.74) is 0.297. The highest BCUT2D eigenvalue weighted by atomic mass is 35.5. The predicted octanol–water partition coefficient (Wildman–Crippen LogP) is 2.76. The van der Waals surface area contributed by atoms with Crippen LogP contribution in [-0.2, 0) is 4.74 Å². The summed E-state index contributed by atoms with van der Waals surface area (Å²) in [6.07, 6.45) is -0.842. The van der Waals surface area contributed by atoms with E-state index in [9.17, 15) is 13.6 Å². The summed E-state index contributed by atoms with van der Waals surface area (Å²) in [5.74, 6) is -3.12. The second kappa shape index (κ2) is 3.90. The SMILES string of the molecule is O=C1N[C@H](c2ccc(Cl)cc2)C(F)(F)CO1. The zero-order chi connectivity index (χ0) is 11.8. The minimum atomic E-state index is -3.12. The molecule has 1 fully saturated rings. The minimum Gasteiger partial charge on any atom is -0.443 e. The molecule has 3 nitrogen and oxygen atoms in total. The third-order valence-corrected chi connectivity index (χ3v) is 2.54. The van der Waals surface area contributed by atoms with E-state index in [0.29, 0.717) is 10.6 Å². The van der Waals surface area contributed by atoms with Gasteiger partial charge >= 0.3 is 12.0 Å². The average Bonchev–Trinajstić information content (AvgIpc) is 2.23. The van der Waals surface area contributed by atoms with Gasteiger partial charge in [-0.15, -0.1) is 0 Å². The third-order valence-electron chi connectivity index (χ3n) is 2.28. The molecule has 0 saturated carbocycles. The molecule has 0 unspecified atom stereocenters. The molecule has 1 heterocycles. The summed E-state index contributed by atoms with van der Waals surface area (Å²) >= 11 is 5.65. The molecule has 0 aliphatic carbocycles. The van der Waals surface area contributed by atoms with E-state index in [4.69, 9.17) is 11.6 Å². The molecule has 6 heteroatoms. The lowest BCUT2D eigenvalue weighted by Gasteiger charge is -2.31. The molecule has 0 bridgehead atoms. The lowest BCUT2D eigenvalue weighted by molar-refractivity contribution is -0.104. The highest BCUT2D eigenvalue weighted by molar-refractivity contribution is 6.30. The van der Waals surface area contributed by atoms with Crippen molar-refractivity contribution in [2.45, 2.75) is 12.0 Å². The van der Waals surface area contributed by atoms with Gasteiger partial charge in [-0.3, -0.25) is 0 Å². The maximum atomic E-state index is 13.5. The maximum absolute atomic E-state index is 13.5. The Kier molecular flexibility index (Phi) is 2.71. The van der Waals surface area contributed by atoms with Crippen molar-refractivity contribution >= 4 is 17.7 Å². The smallest absolute Gasteiger partial charge is 0.408 e. The molecule has 0 radical (unpaired) electrons. The van der Waals surface area contributed by atoms with Gasteiger partial charge in [0.15, 0.2) is 6.61 Å². The Bertz CT molecular complexity index is 408. The molecule has 16 heavy (non-hydrogen) atoms. The second-order valence-corrected chi connectivity index (χ2v) is 3.90. The first-order valence-corrected chi connectivity index (χ1v) is 4.93. The first-order chi connectivity index (χ1) is 7.49. The Labute approximate surface area is 95.3 Å². The molecular weight excluding hydrogens is 240 g/mol. The van der Waals surface area contributed by atoms with E-state index in [1.807, 2.05) is 0 Å². The van der Waals surface area contributed by atoms with Crippen molar-refractivity contribution < 1.29 is 18.3 Å². The van der Waals surface area contributed by atoms with Gasteiger partial charge in [-0.25, -0.2) is 13.6 Å². The molecule has 1 aliphatic heterocycles. The van der Waals surface area contributed by atoms with Crippen LogP contribution >= 0.6 is 11.6 Å². The van der Waals surface area contributed by atoms with Gasteiger partial charge in [0.25, 0.3) is 0 Å². The highest BCUT2D eigenvalue weighted by Crippen LogP contribution is 2.34. The molecule has 1 N–H and O–H groups in total. The molecule has 1 saturated heterocycles. The van der Waals surface area contributed by atoms with Crippen LogP contribution in [0.4, 0.5) is 13.6 Å². The molecule has 1 aliphatic rings. The average molecular weight is 248 g/mol. The number of alkyl halides is 2. The van der Waals surface area contributed by atoms with Crippen molar-refractivity contribution in [3.63, 3.8) is 0 Å². The fourth-order valence-corrected chi connectivity index (χ4v) is 1.62. The molecule has 1 aromatic carbocycles. The summed E-state index contributed by atoms with van der Waals surface area (Å²) in [6, 6.07) is 4.52. The van der Waals surface area contributed by atoms with Crippen molar-refractivity contribution in [3.8, 4) is 0 Å². The van der Waals surface area contributed by atoms with Gasteiger partial charge in [-0.1, -0.05) is 23.7 Å². The molecule has 1 amide bonds. The number of amides is 1. The van der Waals surface area contributed by atoms with Crippen molar-refractivity contribution in [3.05, 3.63) is 34.9 Å². The number of benzene rings is 1. The van der Waals surface area contributed by atoms with E-state index < -0.39 is 24.7 Å². The van der Waals surface area contributed by atoms with Crippen LogP contribution in [0.1, 0.15) is 11.6 Å². The second-order valence-electron chi connectivity index (χ2n) is 3.47. The first kappa shape index (κ1) is 11.1. The number of carbonyl (C=O) groups is 1. The van der Waals surface area contributed by atoms with Crippen LogP contribution in [0.5, 0.6) is 0 Å². The summed E-state index contributed by atoms with van der Waals surface area (Å²) in [7, 11) is 0. The summed E-state index contributed by atoms with van der Waals surface area (Å²) in [5, 5.41) is 2.54. The largest absolute Gasteiger partial charge is 0.443 e. The van der Waals surface area contributed by atoms with Crippen LogP contribution in [0.25, 0.3) is 0 Å². The third kappa shape index (κ3) is 2.09. The summed E-state index contributed by atoms with van der Waals surface area (Å²) < 4.78 is 31.2. The van der Waals surface area contributed by atoms with Gasteiger partial charge in [0.05, 0.1) is 0 Å². The number of carbonyl (C=O) groups excluding carboxylic acids is 1. The lowest BCUT2D eigenvalue weighted by atomic mass is 10.0. The number of halogens is 3. The topological polar surface area (TPSA) is 38.3 Å². The van der Waals surface area contributed by atoms with Gasteiger partial charge in [0.1, 0.15) is 6.04 Å². The predicted molar refractivity (Wildman–Crippen MR) is 53.6 cm³/mol. The van der Waals surface area contributed by atoms with Crippen LogP contribution in [0.3, 0.4) is 0 Å². The van der Waals surface area contributed by atoms with Crippen LogP contribution in [0, 0.1) is 0 Å². The first-order valence-electron chi connectivity index (χ1n) is 4.55. The van der Waals surface area contributed by atoms with Crippen LogP contribution in [-0.4, -0.2) is 18.6 Å². The molecule has 0 spiro atoms. The Balaban J connectivity index is 2.30. The van der Waals surface area contributed by atoms with Crippen molar-refractivity contribution in [1.29, 1.82) is 0 Å². The van der Waals surface area contributed by atoms with Crippen LogP contribution in [0.15, 0.2) is 24.3 Å². The van der Waals surface area contributed by atoms with E-state index in [1.165, 1.54) is 24.3 Å². The zero-order valence-electron chi connectivity index (χ0n) is 8.04. The van der Waals surface area contributed by atoms with E-state index in [2.05, 4.69) is 10.1 Å². The number of cyclic esters (lactones) is 1. The number of hydrogen-bond acceptors (Lipinski definition) is 2. The van der Waals surface area contributed by atoms with Gasteiger partial charge in [-0.2, -0.15) is 0 Å². The zero-order valence-corrected chi connectivity index (χ0v) is 8.80. The fraction of sp³-hybridized carbons (Fsp3) is 0.300. The Morgan fingerprint density at radius 3 is 2.62 bits per heavy atom. The highest BCUT2D eigenvalue weighted by Gasteiger charge is 2.46. The Morgan fingerprint density at radius 2 is 2.00 bits per heavy atom. The molecular formula is C10H8ClF2NO2. The van der Waals surface area contributed by atoms with Gasteiger partial charge in [0.2, 0.25) is 0 Å². The number of ether oxygens (including phenoxy) is 1. The Morgan fingerprint density at radius 1 is 1.38 bits per heavy atom. The number of hydrogen-bond donors (Lipinski definition) is 1. The van der Waals surface area contributed by atoms with E-state index in [-0.39, 0.29) is 0 Å². The van der Waals surface area contributed by atoms with E-state index in [1.54, 1.807) is 0 Å². The quantitative estimate of drug-likeness (QED) is 0.829. The standard InChI is InChI=1S/C10H8ClF2NO2/c11-7-3-1-6(2-4-7)8-10(12,13)5-16-9(15)14-8/h1-4,8H,5H2,(H,14,15)/t8-/m1/s1. The van der Waals surface area contributed by atoms with Crippen LogP contribution in [0.2, 0.25) is 5.02 Å². The van der Waals surface area contributed by atoms with E-state index in [0.717, 1.165) is 0 Å². The van der Waals surface area contributed by atoms with Gasteiger partial charge in [0, 0.05) is 5.02 Å². The Hall–Kier alpha value is -1.36.